The largest absolute Gasteiger partial charge is 0.489 e. The molecule has 0 heterocycles. The van der Waals surface area contributed by atoms with Gasteiger partial charge in [0.05, 0.1) is 4.47 Å². The van der Waals surface area contributed by atoms with E-state index in [-0.39, 0.29) is 11.9 Å². The van der Waals surface area contributed by atoms with Gasteiger partial charge in [0.2, 0.25) is 0 Å². The number of hydrogen-bond donors (Lipinski definition) is 1. The second-order valence-electron chi connectivity index (χ2n) is 5.01. The highest BCUT2D eigenvalue weighted by atomic mass is 79.9. The van der Waals surface area contributed by atoms with Crippen LogP contribution in [0.15, 0.2) is 40.9 Å². The average Bonchev–Trinajstić information content (AvgIpc) is 2.83. The van der Waals surface area contributed by atoms with Crippen molar-refractivity contribution in [1.29, 1.82) is 0 Å². The molecule has 0 bridgehead atoms. The van der Waals surface area contributed by atoms with E-state index in [2.05, 4.69) is 22.0 Å². The predicted molar refractivity (Wildman–Crippen MR) is 80.1 cm³/mol. The van der Waals surface area contributed by atoms with Crippen molar-refractivity contribution in [3.63, 3.8) is 0 Å². The molecule has 0 fully saturated rings. The molecule has 0 aliphatic heterocycles. The van der Waals surface area contributed by atoms with E-state index in [4.69, 9.17) is 10.5 Å². The van der Waals surface area contributed by atoms with Gasteiger partial charge in [0, 0.05) is 6.04 Å². The SMILES string of the molecule is NC1CCc2c(OCc3ccc(F)c(Br)c3)cccc21. The minimum absolute atomic E-state index is 0.119. The first-order valence-corrected chi connectivity index (χ1v) is 7.38. The van der Waals surface area contributed by atoms with Crippen molar-refractivity contribution in [2.75, 3.05) is 0 Å². The fourth-order valence-corrected chi connectivity index (χ4v) is 3.00. The monoisotopic (exact) mass is 335 g/mol. The zero-order valence-corrected chi connectivity index (χ0v) is 12.5. The Labute approximate surface area is 125 Å². The van der Waals surface area contributed by atoms with E-state index in [0.717, 1.165) is 24.2 Å². The molecule has 1 atom stereocenters. The summed E-state index contributed by atoms with van der Waals surface area (Å²) in [6.07, 6.45) is 1.93. The van der Waals surface area contributed by atoms with E-state index in [1.165, 1.54) is 17.2 Å². The maximum absolute atomic E-state index is 13.2. The van der Waals surface area contributed by atoms with Gasteiger partial charge in [-0.2, -0.15) is 0 Å². The third kappa shape index (κ3) is 2.58. The van der Waals surface area contributed by atoms with Gasteiger partial charge in [-0.25, -0.2) is 4.39 Å². The standard InChI is InChI=1S/C16H15BrFNO/c17-13-8-10(4-6-14(13)18)9-20-16-3-1-2-11-12(16)5-7-15(11)19/h1-4,6,8,15H,5,7,9,19H2. The van der Waals surface area contributed by atoms with Gasteiger partial charge in [0.15, 0.2) is 0 Å². The first kappa shape index (κ1) is 13.6. The van der Waals surface area contributed by atoms with Gasteiger partial charge in [-0.15, -0.1) is 0 Å². The molecule has 0 saturated heterocycles. The Bertz CT molecular complexity index is 644. The molecule has 2 nitrogen and oxygen atoms in total. The molecule has 0 radical (unpaired) electrons. The van der Waals surface area contributed by atoms with Gasteiger partial charge >= 0.3 is 0 Å². The summed E-state index contributed by atoms with van der Waals surface area (Å²) in [5.41, 5.74) is 9.38. The second-order valence-corrected chi connectivity index (χ2v) is 5.86. The third-order valence-electron chi connectivity index (χ3n) is 3.65. The fourth-order valence-electron chi connectivity index (χ4n) is 2.58. The van der Waals surface area contributed by atoms with Gasteiger partial charge in [-0.05, 0) is 63.7 Å². The Hall–Kier alpha value is -1.39. The van der Waals surface area contributed by atoms with E-state index in [1.807, 2.05) is 12.1 Å². The van der Waals surface area contributed by atoms with Gasteiger partial charge in [-0.1, -0.05) is 18.2 Å². The van der Waals surface area contributed by atoms with Crippen molar-refractivity contribution in [2.24, 2.45) is 5.73 Å². The lowest BCUT2D eigenvalue weighted by Gasteiger charge is -2.12. The Morgan fingerprint density at radius 1 is 1.30 bits per heavy atom. The summed E-state index contributed by atoms with van der Waals surface area (Å²) in [6.45, 7) is 0.421. The Morgan fingerprint density at radius 2 is 2.15 bits per heavy atom. The molecule has 0 spiro atoms. The topological polar surface area (TPSA) is 35.2 Å². The molecule has 20 heavy (non-hydrogen) atoms. The van der Waals surface area contributed by atoms with E-state index in [0.29, 0.717) is 11.1 Å². The van der Waals surface area contributed by atoms with Crippen LogP contribution in [0, 0.1) is 5.82 Å². The highest BCUT2D eigenvalue weighted by Gasteiger charge is 2.22. The van der Waals surface area contributed by atoms with Crippen LogP contribution in [-0.4, -0.2) is 0 Å². The molecule has 1 aliphatic carbocycles. The molecule has 1 unspecified atom stereocenters. The summed E-state index contributed by atoms with van der Waals surface area (Å²) < 4.78 is 19.5. The minimum Gasteiger partial charge on any atom is -0.489 e. The Morgan fingerprint density at radius 3 is 2.95 bits per heavy atom. The highest BCUT2D eigenvalue weighted by Crippen LogP contribution is 2.35. The molecule has 104 valence electrons. The quantitative estimate of drug-likeness (QED) is 0.915. The van der Waals surface area contributed by atoms with E-state index >= 15 is 0 Å². The summed E-state index contributed by atoms with van der Waals surface area (Å²) >= 11 is 3.18. The van der Waals surface area contributed by atoms with Crippen LogP contribution in [0.5, 0.6) is 5.75 Å². The normalized spacial score (nSPS) is 17.1. The lowest BCUT2D eigenvalue weighted by Crippen LogP contribution is -2.05. The molecule has 0 amide bonds. The number of ether oxygens (including phenoxy) is 1. The summed E-state index contributed by atoms with van der Waals surface area (Å²) in [7, 11) is 0. The maximum Gasteiger partial charge on any atom is 0.137 e. The number of fused-ring (bicyclic) bond motifs is 1. The summed E-state index contributed by atoms with van der Waals surface area (Å²) in [5, 5.41) is 0. The molecule has 0 saturated carbocycles. The van der Waals surface area contributed by atoms with Crippen LogP contribution in [0.1, 0.15) is 29.2 Å². The smallest absolute Gasteiger partial charge is 0.137 e. The van der Waals surface area contributed by atoms with Crippen LogP contribution in [0.4, 0.5) is 4.39 Å². The van der Waals surface area contributed by atoms with E-state index in [9.17, 15) is 4.39 Å². The molecule has 3 rings (SSSR count). The number of rotatable bonds is 3. The number of halogens is 2. The molecular formula is C16H15BrFNO. The van der Waals surface area contributed by atoms with Crippen molar-refractivity contribution in [1.82, 2.24) is 0 Å². The van der Waals surface area contributed by atoms with Gasteiger partial charge in [0.25, 0.3) is 0 Å². The molecule has 2 N–H and O–H groups in total. The Balaban J connectivity index is 1.77. The predicted octanol–water partition coefficient (Wildman–Crippen LogP) is 4.11. The zero-order chi connectivity index (χ0) is 14.1. The molecule has 1 aliphatic rings. The van der Waals surface area contributed by atoms with Crippen LogP contribution >= 0.6 is 15.9 Å². The van der Waals surface area contributed by atoms with Gasteiger partial charge in [0.1, 0.15) is 18.2 Å². The number of hydrogen-bond acceptors (Lipinski definition) is 2. The van der Waals surface area contributed by atoms with Crippen molar-refractivity contribution in [2.45, 2.75) is 25.5 Å². The molecule has 2 aromatic rings. The average molecular weight is 336 g/mol. The van der Waals surface area contributed by atoms with Crippen molar-refractivity contribution in [3.05, 3.63) is 63.4 Å². The molecular weight excluding hydrogens is 321 g/mol. The summed E-state index contributed by atoms with van der Waals surface area (Å²) in [6, 6.07) is 11.0. The molecule has 4 heteroatoms. The maximum atomic E-state index is 13.2. The van der Waals surface area contributed by atoms with Crippen LogP contribution < -0.4 is 10.5 Å². The second kappa shape index (κ2) is 5.54. The van der Waals surface area contributed by atoms with E-state index < -0.39 is 0 Å². The van der Waals surface area contributed by atoms with Gasteiger partial charge in [-0.3, -0.25) is 0 Å². The van der Waals surface area contributed by atoms with Crippen molar-refractivity contribution in [3.8, 4) is 5.75 Å². The van der Waals surface area contributed by atoms with Crippen LogP contribution in [0.3, 0.4) is 0 Å². The number of benzene rings is 2. The van der Waals surface area contributed by atoms with Crippen molar-refractivity contribution < 1.29 is 9.13 Å². The molecule has 2 aromatic carbocycles. The summed E-state index contributed by atoms with van der Waals surface area (Å²) in [5.74, 6) is 0.622. The first-order chi connectivity index (χ1) is 9.65. The number of nitrogens with two attached hydrogens (primary N) is 1. The van der Waals surface area contributed by atoms with Crippen LogP contribution in [0.2, 0.25) is 0 Å². The van der Waals surface area contributed by atoms with Crippen molar-refractivity contribution >= 4 is 15.9 Å². The zero-order valence-electron chi connectivity index (χ0n) is 10.9. The fraction of sp³-hybridized carbons (Fsp3) is 0.250. The van der Waals surface area contributed by atoms with Crippen LogP contribution in [0.25, 0.3) is 0 Å². The Kier molecular flexibility index (Phi) is 3.76. The van der Waals surface area contributed by atoms with E-state index in [1.54, 1.807) is 12.1 Å². The minimum atomic E-state index is -0.264. The lowest BCUT2D eigenvalue weighted by atomic mass is 10.1. The molecule has 0 aromatic heterocycles. The first-order valence-electron chi connectivity index (χ1n) is 6.59. The van der Waals surface area contributed by atoms with Gasteiger partial charge < -0.3 is 10.5 Å². The summed E-state index contributed by atoms with van der Waals surface area (Å²) in [4.78, 5) is 0. The highest BCUT2D eigenvalue weighted by molar-refractivity contribution is 9.10. The third-order valence-corrected chi connectivity index (χ3v) is 4.26. The lowest BCUT2D eigenvalue weighted by molar-refractivity contribution is 0.303. The van der Waals surface area contributed by atoms with Crippen LogP contribution in [-0.2, 0) is 13.0 Å².